The lowest BCUT2D eigenvalue weighted by Crippen LogP contribution is -2.11. The third-order valence-electron chi connectivity index (χ3n) is 2.70. The lowest BCUT2D eigenvalue weighted by molar-refractivity contribution is -0.401. The van der Waals surface area contributed by atoms with Crippen LogP contribution in [-0.4, -0.2) is 29.0 Å². The lowest BCUT2D eigenvalue weighted by atomic mass is 10.3. The van der Waals surface area contributed by atoms with Gasteiger partial charge in [-0.1, -0.05) is 0 Å². The zero-order valence-corrected chi connectivity index (χ0v) is 11.5. The quantitative estimate of drug-likeness (QED) is 0.544. The summed E-state index contributed by atoms with van der Waals surface area (Å²) < 4.78 is 6.12. The minimum Gasteiger partial charge on any atom is -0.397 e. The molecule has 7 nitrogen and oxygen atoms in total. The maximum atomic E-state index is 10.7. The summed E-state index contributed by atoms with van der Waals surface area (Å²) in [5, 5.41) is 12.6. The second kappa shape index (κ2) is 4.57. The van der Waals surface area contributed by atoms with Gasteiger partial charge >= 0.3 is 5.88 Å². The maximum Gasteiger partial charge on any atom is 0.433 e. The van der Waals surface area contributed by atoms with Gasteiger partial charge in [-0.15, -0.1) is 11.3 Å². The zero-order valence-electron chi connectivity index (χ0n) is 10.7. The van der Waals surface area contributed by atoms with Crippen LogP contribution in [0.2, 0.25) is 0 Å². The van der Waals surface area contributed by atoms with Gasteiger partial charge in [-0.2, -0.15) is 0 Å². The van der Waals surface area contributed by atoms with Crippen molar-refractivity contribution in [2.24, 2.45) is 0 Å². The molecular weight excluding hydrogens is 280 g/mol. The molecule has 3 aromatic rings. The van der Waals surface area contributed by atoms with E-state index in [-0.39, 0.29) is 11.6 Å². The van der Waals surface area contributed by atoms with E-state index in [9.17, 15) is 10.1 Å². The lowest BCUT2D eigenvalue weighted by Gasteiger charge is -2.12. The Hall–Kier alpha value is -2.48. The first-order valence-electron chi connectivity index (χ1n) is 5.73. The van der Waals surface area contributed by atoms with Gasteiger partial charge in [-0.25, -0.2) is 9.97 Å². The van der Waals surface area contributed by atoms with E-state index in [0.717, 1.165) is 16.0 Å². The van der Waals surface area contributed by atoms with Crippen LogP contribution in [0.1, 0.15) is 0 Å². The van der Waals surface area contributed by atoms with Gasteiger partial charge in [0, 0.05) is 14.1 Å². The first-order chi connectivity index (χ1) is 9.56. The molecule has 102 valence electrons. The van der Waals surface area contributed by atoms with Gasteiger partial charge in [-0.05, 0) is 17.5 Å². The summed E-state index contributed by atoms with van der Waals surface area (Å²) in [6.07, 6.45) is 0. The number of hydrogen-bond donors (Lipinski definition) is 0. The van der Waals surface area contributed by atoms with Crippen LogP contribution < -0.4 is 4.90 Å². The molecule has 0 bridgehead atoms. The van der Waals surface area contributed by atoms with Crippen molar-refractivity contribution >= 4 is 33.3 Å². The Kier molecular flexibility index (Phi) is 2.87. The molecule has 0 atom stereocenters. The van der Waals surface area contributed by atoms with Crippen molar-refractivity contribution in [3.63, 3.8) is 0 Å². The monoisotopic (exact) mass is 290 g/mol. The first-order valence-corrected chi connectivity index (χ1v) is 6.61. The van der Waals surface area contributed by atoms with Gasteiger partial charge in [0.25, 0.3) is 0 Å². The summed E-state index contributed by atoms with van der Waals surface area (Å²) in [5.41, 5.74) is 0.794. The van der Waals surface area contributed by atoms with Crippen LogP contribution in [0.4, 0.5) is 11.7 Å². The number of nitro groups is 1. The molecule has 3 aromatic heterocycles. The molecule has 0 aromatic carbocycles. The maximum absolute atomic E-state index is 10.7. The number of aromatic nitrogens is 2. The second-order valence-corrected chi connectivity index (χ2v) is 5.21. The van der Waals surface area contributed by atoms with Crippen LogP contribution in [-0.2, 0) is 0 Å². The first kappa shape index (κ1) is 12.5. The summed E-state index contributed by atoms with van der Waals surface area (Å²) in [6, 6.07) is 4.69. The Bertz CT molecular complexity index is 793. The fourth-order valence-corrected chi connectivity index (χ4v) is 2.71. The van der Waals surface area contributed by atoms with Gasteiger partial charge < -0.3 is 9.32 Å². The highest BCUT2D eigenvalue weighted by molar-refractivity contribution is 7.17. The van der Waals surface area contributed by atoms with Gasteiger partial charge in [0.15, 0.2) is 11.6 Å². The SMILES string of the molecule is CN(C)c1nc(-c2ccc([N+](=O)[O-])o2)nc2ccsc12. The average molecular weight is 290 g/mol. The Morgan fingerprint density at radius 1 is 1.30 bits per heavy atom. The second-order valence-electron chi connectivity index (χ2n) is 4.30. The Morgan fingerprint density at radius 3 is 2.75 bits per heavy atom. The van der Waals surface area contributed by atoms with Gasteiger partial charge in [0.05, 0.1) is 16.3 Å². The standard InChI is InChI=1S/C12H10N4O3S/c1-15(2)12-10-7(5-6-20-10)13-11(14-12)8-3-4-9(19-8)16(17)18/h3-6H,1-2H3. The molecule has 0 fully saturated rings. The molecule has 8 heteroatoms. The van der Waals surface area contributed by atoms with E-state index in [1.54, 1.807) is 11.3 Å². The fourth-order valence-electron chi connectivity index (χ4n) is 1.81. The molecule has 0 aliphatic heterocycles. The molecule has 3 heterocycles. The Labute approximate surface area is 117 Å². The van der Waals surface area contributed by atoms with Crippen LogP contribution in [0.5, 0.6) is 0 Å². The number of thiophene rings is 1. The molecule has 0 unspecified atom stereocenters. The zero-order chi connectivity index (χ0) is 14.3. The Morgan fingerprint density at radius 2 is 2.10 bits per heavy atom. The smallest absolute Gasteiger partial charge is 0.397 e. The molecule has 0 N–H and O–H groups in total. The fraction of sp³-hybridized carbons (Fsp3) is 0.167. The van der Waals surface area contributed by atoms with Crippen LogP contribution in [0.15, 0.2) is 28.0 Å². The molecule has 20 heavy (non-hydrogen) atoms. The minimum absolute atomic E-state index is 0.285. The van der Waals surface area contributed by atoms with Crippen molar-refractivity contribution < 1.29 is 9.34 Å². The highest BCUT2D eigenvalue weighted by Crippen LogP contribution is 2.31. The van der Waals surface area contributed by atoms with Gasteiger partial charge in [0.1, 0.15) is 10.7 Å². The van der Waals surface area contributed by atoms with Crippen LogP contribution in [0, 0.1) is 10.1 Å². The minimum atomic E-state index is -0.584. The molecule has 0 saturated carbocycles. The van der Waals surface area contributed by atoms with Gasteiger partial charge in [-0.3, -0.25) is 10.1 Å². The van der Waals surface area contributed by atoms with E-state index in [2.05, 4.69) is 9.97 Å². The number of furan rings is 1. The third-order valence-corrected chi connectivity index (χ3v) is 3.60. The molecule has 0 aliphatic rings. The predicted molar refractivity (Wildman–Crippen MR) is 76.1 cm³/mol. The molecular formula is C12H10N4O3S. The molecule has 0 aliphatic carbocycles. The summed E-state index contributed by atoms with van der Waals surface area (Å²) in [6.45, 7) is 0. The number of anilines is 1. The van der Waals surface area contributed by atoms with E-state index < -0.39 is 4.92 Å². The van der Waals surface area contributed by atoms with Crippen molar-refractivity contribution in [2.45, 2.75) is 0 Å². The summed E-state index contributed by atoms with van der Waals surface area (Å²) in [5.74, 6) is 1.07. The number of rotatable bonds is 3. The van der Waals surface area contributed by atoms with Crippen molar-refractivity contribution in [1.82, 2.24) is 9.97 Å². The average Bonchev–Trinajstić information content (AvgIpc) is 3.06. The van der Waals surface area contributed by atoms with Crippen molar-refractivity contribution in [2.75, 3.05) is 19.0 Å². The van der Waals surface area contributed by atoms with Crippen LogP contribution >= 0.6 is 11.3 Å². The predicted octanol–water partition coefficient (Wildman–Crippen LogP) is 2.93. The summed E-state index contributed by atoms with van der Waals surface area (Å²) >= 11 is 1.55. The molecule has 0 spiro atoms. The van der Waals surface area contributed by atoms with E-state index >= 15 is 0 Å². The number of hydrogen-bond acceptors (Lipinski definition) is 7. The number of fused-ring (bicyclic) bond motifs is 1. The highest BCUT2D eigenvalue weighted by atomic mass is 32.1. The van der Waals surface area contributed by atoms with E-state index in [1.807, 2.05) is 30.4 Å². The van der Waals surface area contributed by atoms with E-state index in [4.69, 9.17) is 4.42 Å². The normalized spacial score (nSPS) is 10.9. The van der Waals surface area contributed by atoms with Crippen LogP contribution in [0.25, 0.3) is 21.8 Å². The topological polar surface area (TPSA) is 85.3 Å². The number of nitrogens with zero attached hydrogens (tertiary/aromatic N) is 4. The molecule has 3 rings (SSSR count). The van der Waals surface area contributed by atoms with Gasteiger partial charge in [0.2, 0.25) is 0 Å². The van der Waals surface area contributed by atoms with E-state index in [1.165, 1.54) is 12.1 Å². The molecule has 0 amide bonds. The van der Waals surface area contributed by atoms with Crippen molar-refractivity contribution in [3.8, 4) is 11.6 Å². The van der Waals surface area contributed by atoms with Crippen molar-refractivity contribution in [3.05, 3.63) is 33.7 Å². The van der Waals surface area contributed by atoms with Crippen molar-refractivity contribution in [1.29, 1.82) is 0 Å². The van der Waals surface area contributed by atoms with E-state index in [0.29, 0.717) is 5.82 Å². The Balaban J connectivity index is 2.17. The third kappa shape index (κ3) is 1.99. The molecule has 0 radical (unpaired) electrons. The van der Waals surface area contributed by atoms with Crippen LogP contribution in [0.3, 0.4) is 0 Å². The largest absolute Gasteiger partial charge is 0.433 e. The summed E-state index contributed by atoms with van der Waals surface area (Å²) in [4.78, 5) is 20.8. The molecule has 0 saturated heterocycles. The highest BCUT2D eigenvalue weighted by Gasteiger charge is 2.18. The summed E-state index contributed by atoms with van der Waals surface area (Å²) in [7, 11) is 3.77.